The Morgan fingerprint density at radius 2 is 1.68 bits per heavy atom. The Morgan fingerprint density at radius 1 is 0.967 bits per heavy atom. The molecule has 15 heteroatoms. The van der Waals surface area contributed by atoms with Gasteiger partial charge in [-0.05, 0) is 98.8 Å². The number of piperidine rings is 2. The van der Waals surface area contributed by atoms with Crippen molar-refractivity contribution in [1.29, 1.82) is 5.26 Å². The number of nitrogens with one attached hydrogen (secondary N) is 2. The standard InChI is InChI=1S/C45H49ClN8O6/c1-44(2)42(45(3,4)43(44)60-34-12-9-28(24-47)36(46)23-34)49-39(56)27-7-10-31(11-8-27)54-26-30(50-51-54)6-5-19-52-20-17-32(18-21-52)59-33-13-14-35-29(22-33)25-53(41(35)58)37-15-16-38(55)48-40(37)57/h7-14,22-23,26,32,37,42-43H,5-6,15-21,25H2,1-4H3,(H,49,56)(H,48,55,57)/t37?,42-,43-. The van der Waals surface area contributed by atoms with Crippen LogP contribution in [0.4, 0.5) is 0 Å². The number of aryl methyl sites for hydroxylation is 1. The summed E-state index contributed by atoms with van der Waals surface area (Å²) in [5.41, 5.74) is 3.32. The second kappa shape index (κ2) is 16.3. The summed E-state index contributed by atoms with van der Waals surface area (Å²) in [6, 6.07) is 19.2. The molecule has 60 heavy (non-hydrogen) atoms. The van der Waals surface area contributed by atoms with Gasteiger partial charge in [-0.25, -0.2) is 4.68 Å². The predicted molar refractivity (Wildman–Crippen MR) is 222 cm³/mol. The number of likely N-dealkylation sites (tertiary alicyclic amines) is 1. The number of carbonyl (C=O) groups is 4. The van der Waals surface area contributed by atoms with E-state index in [4.69, 9.17) is 21.1 Å². The van der Waals surface area contributed by atoms with Gasteiger partial charge in [-0.15, -0.1) is 5.10 Å². The third-order valence-electron chi connectivity index (χ3n) is 12.6. The summed E-state index contributed by atoms with van der Waals surface area (Å²) in [5, 5.41) is 23.9. The Labute approximate surface area is 354 Å². The lowest BCUT2D eigenvalue weighted by Gasteiger charge is -2.63. The number of carbonyl (C=O) groups excluding carboxylic acids is 4. The van der Waals surface area contributed by atoms with E-state index in [1.54, 1.807) is 46.0 Å². The number of aromatic nitrogens is 3. The summed E-state index contributed by atoms with van der Waals surface area (Å²) in [6.07, 6.45) is 5.89. The monoisotopic (exact) mass is 832 g/mol. The van der Waals surface area contributed by atoms with Gasteiger partial charge in [0, 0.05) is 60.1 Å². The van der Waals surface area contributed by atoms with Gasteiger partial charge in [0.2, 0.25) is 11.8 Å². The van der Waals surface area contributed by atoms with E-state index >= 15 is 0 Å². The number of imide groups is 1. The maximum Gasteiger partial charge on any atom is 0.255 e. The van der Waals surface area contributed by atoms with Crippen LogP contribution >= 0.6 is 11.6 Å². The third-order valence-corrected chi connectivity index (χ3v) is 12.9. The highest BCUT2D eigenvalue weighted by atomic mass is 35.5. The van der Waals surface area contributed by atoms with E-state index in [1.165, 1.54) is 0 Å². The Balaban J connectivity index is 0.768. The van der Waals surface area contributed by atoms with Crippen LogP contribution in [-0.4, -0.2) is 92.3 Å². The molecule has 1 unspecified atom stereocenters. The quantitative estimate of drug-likeness (QED) is 0.170. The van der Waals surface area contributed by atoms with Crippen LogP contribution < -0.4 is 20.1 Å². The van der Waals surface area contributed by atoms with Crippen molar-refractivity contribution in [1.82, 2.24) is 35.4 Å². The third kappa shape index (κ3) is 8.08. The zero-order valence-corrected chi connectivity index (χ0v) is 35.0. The minimum Gasteiger partial charge on any atom is -0.490 e. The molecule has 4 aromatic rings. The summed E-state index contributed by atoms with van der Waals surface area (Å²) in [5.74, 6) is 0.244. The minimum atomic E-state index is -0.636. The predicted octanol–water partition coefficient (Wildman–Crippen LogP) is 5.64. The molecule has 14 nitrogen and oxygen atoms in total. The molecule has 1 atom stereocenters. The first-order chi connectivity index (χ1) is 28.7. The van der Waals surface area contributed by atoms with Crippen LogP contribution in [0.25, 0.3) is 5.69 Å². The van der Waals surface area contributed by atoms with E-state index in [-0.39, 0.29) is 53.2 Å². The molecule has 1 aromatic heterocycles. The van der Waals surface area contributed by atoms with Crippen LogP contribution in [0.3, 0.4) is 0 Å². The molecule has 4 amide bonds. The number of benzene rings is 3. The average Bonchev–Trinajstić information content (AvgIpc) is 3.83. The highest BCUT2D eigenvalue weighted by Crippen LogP contribution is 2.55. The van der Waals surface area contributed by atoms with Crippen LogP contribution in [0.2, 0.25) is 5.02 Å². The number of halogens is 1. The molecule has 1 saturated carbocycles. The Morgan fingerprint density at radius 3 is 2.38 bits per heavy atom. The molecule has 1 aliphatic carbocycles. The van der Waals surface area contributed by atoms with Crippen molar-refractivity contribution < 1.29 is 28.7 Å². The number of ether oxygens (including phenoxy) is 2. The van der Waals surface area contributed by atoms with Crippen LogP contribution in [0.5, 0.6) is 11.5 Å². The number of nitriles is 1. The highest BCUT2D eigenvalue weighted by Gasteiger charge is 2.64. The minimum absolute atomic E-state index is 0.0745. The number of nitrogens with zero attached hydrogens (tertiary/aromatic N) is 6. The molecule has 0 radical (unpaired) electrons. The Bertz CT molecular complexity index is 2350. The maximum absolute atomic E-state index is 13.4. The molecule has 0 bridgehead atoms. The zero-order chi connectivity index (χ0) is 42.3. The SMILES string of the molecule is CC1(C)[C@H](NC(=O)c2ccc(-n3cc(CCCN4CCC(Oc5ccc6c(c5)CN(C5CCC(=O)NC5=O)C6=O)CC4)nn3)cc2)C(C)(C)[C@H]1Oc1ccc(C#N)c(Cl)c1. The normalized spacial score (nSPS) is 22.4. The van der Waals surface area contributed by atoms with Gasteiger partial charge in [0.05, 0.1) is 28.2 Å². The van der Waals surface area contributed by atoms with Gasteiger partial charge in [0.15, 0.2) is 0 Å². The second-order valence-electron chi connectivity index (χ2n) is 17.5. The molecule has 3 aromatic carbocycles. The van der Waals surface area contributed by atoms with E-state index in [1.807, 2.05) is 30.5 Å². The molecule has 0 spiro atoms. The summed E-state index contributed by atoms with van der Waals surface area (Å²) in [7, 11) is 0. The summed E-state index contributed by atoms with van der Waals surface area (Å²) < 4.78 is 14.4. The first-order valence-corrected chi connectivity index (χ1v) is 20.9. The van der Waals surface area contributed by atoms with Gasteiger partial charge in [0.1, 0.15) is 35.8 Å². The fraction of sp³-hybridized carbons (Fsp3) is 0.444. The molecule has 8 rings (SSSR count). The van der Waals surface area contributed by atoms with Crippen molar-refractivity contribution in [3.8, 4) is 23.3 Å². The molecule has 4 heterocycles. The fourth-order valence-corrected chi connectivity index (χ4v) is 9.88. The number of hydrogen-bond acceptors (Lipinski definition) is 10. The van der Waals surface area contributed by atoms with Gasteiger partial charge in [-0.1, -0.05) is 44.5 Å². The van der Waals surface area contributed by atoms with E-state index in [9.17, 15) is 24.4 Å². The lowest BCUT2D eigenvalue weighted by Crippen LogP contribution is -2.74. The van der Waals surface area contributed by atoms with E-state index in [2.05, 4.69) is 59.6 Å². The largest absolute Gasteiger partial charge is 0.490 e. The number of rotatable bonds is 12. The van der Waals surface area contributed by atoms with E-state index < -0.39 is 11.9 Å². The molecular formula is C45H49ClN8O6. The number of hydrogen-bond donors (Lipinski definition) is 2. The van der Waals surface area contributed by atoms with Crippen molar-refractivity contribution >= 4 is 35.2 Å². The average molecular weight is 833 g/mol. The zero-order valence-electron chi connectivity index (χ0n) is 34.2. The van der Waals surface area contributed by atoms with Gasteiger partial charge in [0.25, 0.3) is 11.8 Å². The van der Waals surface area contributed by atoms with Crippen LogP contribution in [0.1, 0.15) is 97.3 Å². The molecule has 312 valence electrons. The molecular weight excluding hydrogens is 784 g/mol. The lowest BCUT2D eigenvalue weighted by atomic mass is 9.49. The fourth-order valence-electron chi connectivity index (χ4n) is 9.67. The smallest absolute Gasteiger partial charge is 0.255 e. The molecule has 4 aliphatic rings. The maximum atomic E-state index is 13.4. The van der Waals surface area contributed by atoms with Crippen molar-refractivity contribution in [3.63, 3.8) is 0 Å². The molecule has 3 aliphatic heterocycles. The molecule has 2 N–H and O–H groups in total. The van der Waals surface area contributed by atoms with Gasteiger partial charge in [-0.3, -0.25) is 24.5 Å². The number of fused-ring (bicyclic) bond motifs is 1. The van der Waals surface area contributed by atoms with Crippen LogP contribution in [-0.2, 0) is 22.6 Å². The van der Waals surface area contributed by atoms with E-state index in [0.717, 1.165) is 68.0 Å². The molecule has 3 fully saturated rings. The van der Waals surface area contributed by atoms with Crippen molar-refractivity contribution in [2.75, 3.05) is 19.6 Å². The lowest BCUT2D eigenvalue weighted by molar-refractivity contribution is -0.164. The first-order valence-electron chi connectivity index (χ1n) is 20.6. The van der Waals surface area contributed by atoms with Gasteiger partial charge in [-0.2, -0.15) is 5.26 Å². The number of amides is 4. The Kier molecular flexibility index (Phi) is 11.2. The summed E-state index contributed by atoms with van der Waals surface area (Å²) >= 11 is 6.24. The Hall–Kier alpha value is -5.78. The second-order valence-corrected chi connectivity index (χ2v) is 17.9. The highest BCUT2D eigenvalue weighted by molar-refractivity contribution is 6.31. The van der Waals surface area contributed by atoms with Crippen molar-refractivity contribution in [3.05, 3.63) is 99.8 Å². The topological polar surface area (TPSA) is 172 Å². The molecule has 2 saturated heterocycles. The van der Waals surface area contributed by atoms with Crippen molar-refractivity contribution in [2.45, 2.75) is 97.1 Å². The summed E-state index contributed by atoms with van der Waals surface area (Å²) in [4.78, 5) is 54.5. The summed E-state index contributed by atoms with van der Waals surface area (Å²) in [6.45, 7) is 11.4. The van der Waals surface area contributed by atoms with Crippen LogP contribution in [0, 0.1) is 22.2 Å². The van der Waals surface area contributed by atoms with E-state index in [0.29, 0.717) is 40.4 Å². The van der Waals surface area contributed by atoms with Gasteiger partial charge >= 0.3 is 0 Å². The first kappa shape index (κ1) is 41.0. The van der Waals surface area contributed by atoms with Crippen LogP contribution in [0.15, 0.2) is 66.9 Å². The van der Waals surface area contributed by atoms with Crippen molar-refractivity contribution in [2.24, 2.45) is 10.8 Å². The van der Waals surface area contributed by atoms with Gasteiger partial charge < -0.3 is 24.6 Å².